The summed E-state index contributed by atoms with van der Waals surface area (Å²) < 4.78 is 0.640. The zero-order valence-corrected chi connectivity index (χ0v) is 13.8. The van der Waals surface area contributed by atoms with Gasteiger partial charge in [-0.3, -0.25) is 4.90 Å². The Kier molecular flexibility index (Phi) is 4.39. The van der Waals surface area contributed by atoms with E-state index in [0.29, 0.717) is 10.0 Å². The van der Waals surface area contributed by atoms with E-state index in [1.54, 1.807) is 6.07 Å². The van der Waals surface area contributed by atoms with Gasteiger partial charge in [-0.15, -0.1) is 0 Å². The van der Waals surface area contributed by atoms with Crippen molar-refractivity contribution >= 4 is 27.6 Å². The monoisotopic (exact) mass is 340 g/mol. The van der Waals surface area contributed by atoms with Crippen LogP contribution in [0, 0.1) is 0 Å². The van der Waals surface area contributed by atoms with Crippen LogP contribution in [-0.4, -0.2) is 47.7 Å². The highest BCUT2D eigenvalue weighted by Crippen LogP contribution is 2.29. The molecule has 0 bridgehead atoms. The van der Waals surface area contributed by atoms with Crippen LogP contribution in [0.5, 0.6) is 0 Å². The molecule has 1 heterocycles. The van der Waals surface area contributed by atoms with E-state index in [9.17, 15) is 9.90 Å². The predicted octanol–water partition coefficient (Wildman–Crippen LogP) is 3.07. The van der Waals surface area contributed by atoms with Crippen molar-refractivity contribution in [1.82, 2.24) is 4.90 Å². The highest BCUT2D eigenvalue weighted by Gasteiger charge is 2.27. The standard InChI is InChI=1S/C15H21BrN2O2/c1-15(2,3)18-9-7-17(8-10-18)12-6-4-5-11(16)13(12)14(19)20/h4-6H,7-10H2,1-3H3,(H,19,20). The molecular formula is C15H21BrN2O2. The Bertz CT molecular complexity index is 503. The molecule has 2 rings (SSSR count). The Morgan fingerprint density at radius 2 is 1.80 bits per heavy atom. The quantitative estimate of drug-likeness (QED) is 0.898. The molecule has 0 aromatic heterocycles. The van der Waals surface area contributed by atoms with Crippen molar-refractivity contribution in [3.8, 4) is 0 Å². The molecule has 110 valence electrons. The summed E-state index contributed by atoms with van der Waals surface area (Å²) in [5.41, 5.74) is 1.33. The summed E-state index contributed by atoms with van der Waals surface area (Å²) in [4.78, 5) is 16.0. The van der Waals surface area contributed by atoms with Crippen LogP contribution in [0.2, 0.25) is 0 Å². The molecule has 1 aliphatic rings. The summed E-state index contributed by atoms with van der Waals surface area (Å²) >= 11 is 3.34. The number of nitrogens with zero attached hydrogens (tertiary/aromatic N) is 2. The largest absolute Gasteiger partial charge is 0.478 e. The van der Waals surface area contributed by atoms with Crippen molar-refractivity contribution in [2.24, 2.45) is 0 Å². The number of hydrogen-bond donors (Lipinski definition) is 1. The molecule has 0 spiro atoms. The number of piperazine rings is 1. The van der Waals surface area contributed by atoms with E-state index in [-0.39, 0.29) is 5.54 Å². The van der Waals surface area contributed by atoms with Gasteiger partial charge in [-0.2, -0.15) is 0 Å². The van der Waals surface area contributed by atoms with Gasteiger partial charge in [0.15, 0.2) is 0 Å². The van der Waals surface area contributed by atoms with E-state index in [4.69, 9.17) is 0 Å². The van der Waals surface area contributed by atoms with Gasteiger partial charge in [-0.1, -0.05) is 6.07 Å². The Hall–Kier alpha value is -1.07. The summed E-state index contributed by atoms with van der Waals surface area (Å²) in [6, 6.07) is 5.56. The van der Waals surface area contributed by atoms with E-state index in [2.05, 4.69) is 46.5 Å². The van der Waals surface area contributed by atoms with E-state index in [1.807, 2.05) is 12.1 Å². The molecule has 1 aromatic rings. The van der Waals surface area contributed by atoms with Crippen molar-refractivity contribution in [3.05, 3.63) is 28.2 Å². The van der Waals surface area contributed by atoms with E-state index < -0.39 is 5.97 Å². The molecule has 0 radical (unpaired) electrons. The molecule has 1 aromatic carbocycles. The predicted molar refractivity (Wildman–Crippen MR) is 84.6 cm³/mol. The third-order valence-corrected chi connectivity index (χ3v) is 4.44. The topological polar surface area (TPSA) is 43.8 Å². The van der Waals surface area contributed by atoms with Crippen molar-refractivity contribution in [2.75, 3.05) is 31.1 Å². The van der Waals surface area contributed by atoms with Gasteiger partial charge in [0, 0.05) is 36.2 Å². The van der Waals surface area contributed by atoms with Crippen molar-refractivity contribution in [3.63, 3.8) is 0 Å². The Morgan fingerprint density at radius 3 is 2.30 bits per heavy atom. The van der Waals surface area contributed by atoms with Crippen LogP contribution in [-0.2, 0) is 0 Å². The van der Waals surface area contributed by atoms with Crippen LogP contribution in [0.3, 0.4) is 0 Å². The van der Waals surface area contributed by atoms with Gasteiger partial charge >= 0.3 is 5.97 Å². The molecule has 0 unspecified atom stereocenters. The summed E-state index contributed by atoms with van der Waals surface area (Å²) in [6.07, 6.45) is 0. The lowest BCUT2D eigenvalue weighted by Gasteiger charge is -2.43. The lowest BCUT2D eigenvalue weighted by atomic mass is 10.0. The third kappa shape index (κ3) is 3.15. The number of hydrogen-bond acceptors (Lipinski definition) is 3. The van der Waals surface area contributed by atoms with Crippen molar-refractivity contribution in [2.45, 2.75) is 26.3 Å². The van der Waals surface area contributed by atoms with Crippen molar-refractivity contribution < 1.29 is 9.90 Å². The second kappa shape index (κ2) is 5.74. The highest BCUT2D eigenvalue weighted by atomic mass is 79.9. The first-order chi connectivity index (χ1) is 9.30. The summed E-state index contributed by atoms with van der Waals surface area (Å²) in [5.74, 6) is -0.884. The van der Waals surface area contributed by atoms with E-state index >= 15 is 0 Å². The zero-order chi connectivity index (χ0) is 14.9. The van der Waals surface area contributed by atoms with Gasteiger partial charge in [0.1, 0.15) is 0 Å². The molecule has 5 heteroatoms. The summed E-state index contributed by atoms with van der Waals surface area (Å²) in [5, 5.41) is 9.39. The van der Waals surface area contributed by atoms with E-state index in [0.717, 1.165) is 31.9 Å². The molecule has 0 atom stereocenters. The lowest BCUT2D eigenvalue weighted by Crippen LogP contribution is -2.53. The molecule has 1 aliphatic heterocycles. The minimum absolute atomic E-state index is 0.166. The number of aromatic carboxylic acids is 1. The summed E-state index contributed by atoms with van der Waals surface area (Å²) in [7, 11) is 0. The smallest absolute Gasteiger partial charge is 0.338 e. The molecule has 1 N–H and O–H groups in total. The number of carboxylic acids is 1. The molecule has 0 amide bonds. The SMILES string of the molecule is CC(C)(C)N1CCN(c2cccc(Br)c2C(=O)O)CC1. The highest BCUT2D eigenvalue weighted by molar-refractivity contribution is 9.10. The first-order valence-corrected chi connectivity index (χ1v) is 7.62. The first kappa shape index (κ1) is 15.3. The van der Waals surface area contributed by atoms with Crippen LogP contribution in [0.15, 0.2) is 22.7 Å². The first-order valence-electron chi connectivity index (χ1n) is 6.82. The molecule has 0 aliphatic carbocycles. The van der Waals surface area contributed by atoms with Crippen LogP contribution in [0.25, 0.3) is 0 Å². The molecule has 1 fully saturated rings. The maximum atomic E-state index is 11.4. The Labute approximate surface area is 128 Å². The number of benzene rings is 1. The maximum absolute atomic E-state index is 11.4. The molecular weight excluding hydrogens is 320 g/mol. The van der Waals surface area contributed by atoms with Gasteiger partial charge < -0.3 is 10.0 Å². The Morgan fingerprint density at radius 1 is 1.20 bits per heavy atom. The number of carbonyl (C=O) groups is 1. The van der Waals surface area contributed by atoms with Crippen LogP contribution in [0.1, 0.15) is 31.1 Å². The lowest BCUT2D eigenvalue weighted by molar-refractivity contribution is 0.0695. The third-order valence-electron chi connectivity index (χ3n) is 3.77. The van der Waals surface area contributed by atoms with Gasteiger partial charge in [0.05, 0.1) is 11.3 Å². The molecule has 4 nitrogen and oxygen atoms in total. The van der Waals surface area contributed by atoms with Gasteiger partial charge in [-0.25, -0.2) is 4.79 Å². The number of halogens is 1. The van der Waals surface area contributed by atoms with Crippen LogP contribution >= 0.6 is 15.9 Å². The zero-order valence-electron chi connectivity index (χ0n) is 12.2. The van der Waals surface area contributed by atoms with E-state index in [1.165, 1.54) is 0 Å². The number of rotatable bonds is 2. The van der Waals surface area contributed by atoms with Crippen LogP contribution < -0.4 is 4.90 Å². The fourth-order valence-electron chi connectivity index (χ4n) is 2.61. The fourth-order valence-corrected chi connectivity index (χ4v) is 3.13. The average molecular weight is 341 g/mol. The second-order valence-corrected chi connectivity index (χ2v) is 6.94. The minimum Gasteiger partial charge on any atom is -0.478 e. The second-order valence-electron chi connectivity index (χ2n) is 6.08. The Balaban J connectivity index is 2.19. The molecule has 0 saturated carbocycles. The molecule has 20 heavy (non-hydrogen) atoms. The molecule has 1 saturated heterocycles. The maximum Gasteiger partial charge on any atom is 0.338 e. The van der Waals surface area contributed by atoms with Gasteiger partial charge in [0.25, 0.3) is 0 Å². The fraction of sp³-hybridized carbons (Fsp3) is 0.533. The normalized spacial score (nSPS) is 17.3. The average Bonchev–Trinajstić information content (AvgIpc) is 2.37. The number of anilines is 1. The summed E-state index contributed by atoms with van der Waals surface area (Å²) in [6.45, 7) is 10.3. The van der Waals surface area contributed by atoms with Gasteiger partial charge in [-0.05, 0) is 48.8 Å². The van der Waals surface area contributed by atoms with Gasteiger partial charge in [0.2, 0.25) is 0 Å². The minimum atomic E-state index is -0.884. The van der Waals surface area contributed by atoms with Crippen LogP contribution in [0.4, 0.5) is 5.69 Å². The van der Waals surface area contributed by atoms with Crippen molar-refractivity contribution in [1.29, 1.82) is 0 Å². The number of carboxylic acid groups (broad SMARTS) is 1.